The Balaban J connectivity index is 2.71. The highest BCUT2D eigenvalue weighted by Crippen LogP contribution is 2.21. The Morgan fingerprint density at radius 1 is 1.47 bits per heavy atom. The molecule has 0 atom stereocenters. The van der Waals surface area contributed by atoms with Crippen LogP contribution in [-0.2, 0) is 0 Å². The van der Waals surface area contributed by atoms with Crippen LogP contribution in [0.15, 0.2) is 18.2 Å². The average Bonchev–Trinajstić information content (AvgIpc) is 2.32. The molecule has 0 saturated heterocycles. The minimum Gasteiger partial charge on any atom is -0.342 e. The molecule has 0 aromatic heterocycles. The first-order valence-corrected chi connectivity index (χ1v) is 6.11. The lowest BCUT2D eigenvalue weighted by atomic mass is 10.1. The number of rotatable bonds is 5. The van der Waals surface area contributed by atoms with Crippen molar-refractivity contribution in [2.45, 2.75) is 13.3 Å². The van der Waals surface area contributed by atoms with Crippen molar-refractivity contribution in [3.63, 3.8) is 0 Å². The van der Waals surface area contributed by atoms with Crippen LogP contribution in [0.3, 0.4) is 0 Å². The van der Waals surface area contributed by atoms with E-state index in [9.17, 15) is 4.79 Å². The van der Waals surface area contributed by atoms with Crippen molar-refractivity contribution in [1.29, 1.82) is 0 Å². The maximum absolute atomic E-state index is 12.1. The quantitative estimate of drug-likeness (QED) is 0.818. The summed E-state index contributed by atoms with van der Waals surface area (Å²) in [6.45, 7) is 3.53. The molecular weight excluding hydrogens is 236 g/mol. The van der Waals surface area contributed by atoms with E-state index in [2.05, 4.69) is 5.32 Å². The fourth-order valence-corrected chi connectivity index (χ4v) is 1.82. The van der Waals surface area contributed by atoms with Crippen LogP contribution in [0.25, 0.3) is 0 Å². The van der Waals surface area contributed by atoms with E-state index in [1.807, 2.05) is 26.1 Å². The second-order valence-electron chi connectivity index (χ2n) is 4.12. The van der Waals surface area contributed by atoms with Gasteiger partial charge in [-0.25, -0.2) is 0 Å². The molecule has 4 heteroatoms. The highest BCUT2D eigenvalue weighted by Gasteiger charge is 2.15. The van der Waals surface area contributed by atoms with Crippen molar-refractivity contribution in [2.24, 2.45) is 0 Å². The first-order chi connectivity index (χ1) is 8.07. The van der Waals surface area contributed by atoms with E-state index in [0.717, 1.165) is 25.1 Å². The molecule has 0 saturated carbocycles. The summed E-state index contributed by atoms with van der Waals surface area (Å²) in [5, 5.41) is 3.61. The van der Waals surface area contributed by atoms with Crippen LogP contribution in [0, 0.1) is 6.92 Å². The molecule has 0 aliphatic heterocycles. The van der Waals surface area contributed by atoms with Crippen molar-refractivity contribution < 1.29 is 4.79 Å². The van der Waals surface area contributed by atoms with Gasteiger partial charge in [0.05, 0.1) is 10.6 Å². The molecule has 0 fully saturated rings. The van der Waals surface area contributed by atoms with Gasteiger partial charge in [0.25, 0.3) is 5.91 Å². The van der Waals surface area contributed by atoms with Gasteiger partial charge in [-0.1, -0.05) is 23.7 Å². The number of halogens is 1. The van der Waals surface area contributed by atoms with Crippen LogP contribution in [0.1, 0.15) is 22.3 Å². The number of carbonyl (C=O) groups is 1. The Morgan fingerprint density at radius 3 is 2.82 bits per heavy atom. The van der Waals surface area contributed by atoms with Gasteiger partial charge in [0.2, 0.25) is 0 Å². The van der Waals surface area contributed by atoms with Crippen LogP contribution in [0.4, 0.5) is 0 Å². The van der Waals surface area contributed by atoms with Crippen molar-refractivity contribution in [3.8, 4) is 0 Å². The largest absolute Gasteiger partial charge is 0.342 e. The SMILES string of the molecule is CNCCCN(C)C(=O)c1cccc(C)c1Cl. The molecule has 1 aromatic carbocycles. The Morgan fingerprint density at radius 2 is 2.18 bits per heavy atom. The third-order valence-corrected chi connectivity index (χ3v) is 3.19. The van der Waals surface area contributed by atoms with Gasteiger partial charge in [-0.15, -0.1) is 0 Å². The summed E-state index contributed by atoms with van der Waals surface area (Å²) in [7, 11) is 3.70. The molecule has 94 valence electrons. The van der Waals surface area contributed by atoms with Crippen LogP contribution < -0.4 is 5.32 Å². The second kappa shape index (κ2) is 6.62. The Kier molecular flexibility index (Phi) is 5.45. The smallest absolute Gasteiger partial charge is 0.255 e. The van der Waals surface area contributed by atoms with E-state index in [-0.39, 0.29) is 5.91 Å². The number of carbonyl (C=O) groups excluding carboxylic acids is 1. The Hall–Kier alpha value is -1.06. The predicted molar refractivity (Wildman–Crippen MR) is 71.7 cm³/mol. The number of hydrogen-bond acceptors (Lipinski definition) is 2. The Bertz CT molecular complexity index is 393. The number of hydrogen-bond donors (Lipinski definition) is 1. The zero-order valence-corrected chi connectivity index (χ0v) is 11.3. The molecule has 0 heterocycles. The molecule has 0 unspecified atom stereocenters. The lowest BCUT2D eigenvalue weighted by molar-refractivity contribution is 0.0794. The molecule has 0 aliphatic carbocycles. The van der Waals surface area contributed by atoms with E-state index in [4.69, 9.17) is 11.6 Å². The van der Waals surface area contributed by atoms with E-state index in [1.165, 1.54) is 0 Å². The van der Waals surface area contributed by atoms with Gasteiger partial charge in [-0.2, -0.15) is 0 Å². The number of benzene rings is 1. The zero-order chi connectivity index (χ0) is 12.8. The molecule has 1 rings (SSSR count). The van der Waals surface area contributed by atoms with E-state index in [0.29, 0.717) is 10.6 Å². The first kappa shape index (κ1) is 14.0. The molecule has 0 spiro atoms. The normalized spacial score (nSPS) is 10.4. The highest BCUT2D eigenvalue weighted by molar-refractivity contribution is 6.34. The van der Waals surface area contributed by atoms with Gasteiger partial charge in [0, 0.05) is 13.6 Å². The Labute approximate surface area is 108 Å². The maximum Gasteiger partial charge on any atom is 0.255 e. The zero-order valence-electron chi connectivity index (χ0n) is 10.6. The molecular formula is C13H19ClN2O. The summed E-state index contributed by atoms with van der Waals surface area (Å²) >= 11 is 6.13. The molecule has 1 amide bonds. The standard InChI is InChI=1S/C13H19ClN2O/c1-10-6-4-7-11(12(10)14)13(17)16(3)9-5-8-15-2/h4,6-7,15H,5,8-9H2,1-3H3. The number of aryl methyl sites for hydroxylation is 1. The lowest BCUT2D eigenvalue weighted by Crippen LogP contribution is -2.29. The van der Waals surface area contributed by atoms with Gasteiger partial charge < -0.3 is 10.2 Å². The van der Waals surface area contributed by atoms with Gasteiger partial charge in [0.15, 0.2) is 0 Å². The second-order valence-corrected chi connectivity index (χ2v) is 4.50. The van der Waals surface area contributed by atoms with Crippen molar-refractivity contribution in [3.05, 3.63) is 34.3 Å². The third kappa shape index (κ3) is 3.72. The van der Waals surface area contributed by atoms with Gasteiger partial charge >= 0.3 is 0 Å². The van der Waals surface area contributed by atoms with E-state index < -0.39 is 0 Å². The van der Waals surface area contributed by atoms with Crippen LogP contribution in [-0.4, -0.2) is 38.0 Å². The number of nitrogens with zero attached hydrogens (tertiary/aromatic N) is 1. The molecule has 1 N–H and O–H groups in total. The number of amides is 1. The van der Waals surface area contributed by atoms with Gasteiger partial charge in [-0.3, -0.25) is 4.79 Å². The highest BCUT2D eigenvalue weighted by atomic mass is 35.5. The summed E-state index contributed by atoms with van der Waals surface area (Å²) in [6.07, 6.45) is 0.933. The summed E-state index contributed by atoms with van der Waals surface area (Å²) < 4.78 is 0. The molecule has 17 heavy (non-hydrogen) atoms. The topological polar surface area (TPSA) is 32.3 Å². The summed E-state index contributed by atoms with van der Waals surface area (Å²) in [6, 6.07) is 5.53. The van der Waals surface area contributed by atoms with E-state index >= 15 is 0 Å². The van der Waals surface area contributed by atoms with Crippen LogP contribution in [0.5, 0.6) is 0 Å². The van der Waals surface area contributed by atoms with Crippen molar-refractivity contribution in [1.82, 2.24) is 10.2 Å². The maximum atomic E-state index is 12.1. The fourth-order valence-electron chi connectivity index (χ4n) is 1.61. The molecule has 3 nitrogen and oxygen atoms in total. The third-order valence-electron chi connectivity index (χ3n) is 2.69. The lowest BCUT2D eigenvalue weighted by Gasteiger charge is -2.18. The van der Waals surface area contributed by atoms with Crippen LogP contribution >= 0.6 is 11.6 Å². The number of nitrogens with one attached hydrogen (secondary N) is 1. The fraction of sp³-hybridized carbons (Fsp3) is 0.462. The minimum atomic E-state index is -0.0187. The summed E-state index contributed by atoms with van der Waals surface area (Å²) in [5.74, 6) is -0.0187. The first-order valence-electron chi connectivity index (χ1n) is 5.73. The average molecular weight is 255 g/mol. The summed E-state index contributed by atoms with van der Waals surface area (Å²) in [4.78, 5) is 13.8. The van der Waals surface area contributed by atoms with Crippen LogP contribution in [0.2, 0.25) is 5.02 Å². The molecule has 0 aliphatic rings. The molecule has 1 aromatic rings. The van der Waals surface area contributed by atoms with Gasteiger partial charge in [-0.05, 0) is 38.6 Å². The molecule has 0 radical (unpaired) electrons. The van der Waals surface area contributed by atoms with Crippen molar-refractivity contribution >= 4 is 17.5 Å². The molecule has 0 bridgehead atoms. The van der Waals surface area contributed by atoms with E-state index in [1.54, 1.807) is 18.0 Å². The minimum absolute atomic E-state index is 0.0187. The predicted octanol–water partition coefficient (Wildman–Crippen LogP) is 2.33. The van der Waals surface area contributed by atoms with Gasteiger partial charge in [0.1, 0.15) is 0 Å². The monoisotopic (exact) mass is 254 g/mol. The van der Waals surface area contributed by atoms with Crippen molar-refractivity contribution in [2.75, 3.05) is 27.2 Å². The summed E-state index contributed by atoms with van der Waals surface area (Å²) in [5.41, 5.74) is 1.51.